The maximum atomic E-state index is 8.11. The molecule has 3 rings (SSSR count). The van der Waals surface area contributed by atoms with Crippen molar-refractivity contribution in [3.8, 4) is 0 Å². The molecule has 2 aromatic heterocycles. The summed E-state index contributed by atoms with van der Waals surface area (Å²) in [6, 6.07) is 0. The van der Waals surface area contributed by atoms with Crippen LogP contribution in [0.1, 0.15) is 18.1 Å². The van der Waals surface area contributed by atoms with Crippen LogP contribution in [-0.4, -0.2) is 42.3 Å². The molecular formula is C17H24CuN7O2. The largest absolute Gasteiger partial charge is 1.00 e. The zero-order chi connectivity index (χ0) is 18.8. The number of hydrogen-bond donors (Lipinski definition) is 1. The van der Waals surface area contributed by atoms with Gasteiger partial charge in [0.1, 0.15) is 11.6 Å². The maximum absolute atomic E-state index is 8.11. The molecule has 0 saturated carbocycles. The van der Waals surface area contributed by atoms with E-state index in [-0.39, 0.29) is 17.1 Å². The van der Waals surface area contributed by atoms with Crippen LogP contribution in [0.5, 0.6) is 0 Å². The second-order valence-corrected chi connectivity index (χ2v) is 5.88. The summed E-state index contributed by atoms with van der Waals surface area (Å²) < 4.78 is 4.14. The Morgan fingerprint density at radius 3 is 2.15 bits per heavy atom. The van der Waals surface area contributed by atoms with Crippen molar-refractivity contribution in [2.45, 2.75) is 19.5 Å². The summed E-state index contributed by atoms with van der Waals surface area (Å²) in [6.45, 7) is 3.34. The van der Waals surface area contributed by atoms with Crippen molar-refractivity contribution in [1.29, 1.82) is 0 Å². The minimum Gasteiger partial charge on any atom is -0.685 e. The fourth-order valence-electron chi connectivity index (χ4n) is 2.61. The van der Waals surface area contributed by atoms with Crippen molar-refractivity contribution in [2.75, 3.05) is 13.1 Å². The van der Waals surface area contributed by atoms with Crippen LogP contribution in [0.3, 0.4) is 0 Å². The van der Waals surface area contributed by atoms with E-state index in [1.54, 1.807) is 0 Å². The molecule has 0 atom stereocenters. The van der Waals surface area contributed by atoms with Crippen molar-refractivity contribution < 1.29 is 22.3 Å². The van der Waals surface area contributed by atoms with Crippen molar-refractivity contribution in [3.05, 3.63) is 70.6 Å². The Balaban J connectivity index is 0.000000855. The zero-order valence-corrected chi connectivity index (χ0v) is 16.3. The monoisotopic (exact) mass is 421 g/mol. The van der Waals surface area contributed by atoms with Crippen molar-refractivity contribution in [2.24, 2.45) is 19.4 Å². The van der Waals surface area contributed by atoms with E-state index in [2.05, 4.69) is 47.5 Å². The van der Waals surface area contributed by atoms with Gasteiger partial charge in [-0.25, -0.2) is 9.97 Å². The van der Waals surface area contributed by atoms with E-state index >= 15 is 0 Å². The first-order valence-electron chi connectivity index (χ1n) is 8.28. The van der Waals surface area contributed by atoms with E-state index in [0.29, 0.717) is 0 Å². The zero-order valence-electron chi connectivity index (χ0n) is 15.4. The fourth-order valence-corrected chi connectivity index (χ4v) is 2.61. The molecule has 0 fully saturated rings. The van der Waals surface area contributed by atoms with Gasteiger partial charge in [0, 0.05) is 45.4 Å². The summed E-state index contributed by atoms with van der Waals surface area (Å²) in [7, 11) is 4.07. The van der Waals surface area contributed by atoms with Crippen LogP contribution in [0.4, 0.5) is 0 Å². The van der Waals surface area contributed by atoms with Gasteiger partial charge in [0.05, 0.1) is 13.1 Å². The Bertz CT molecular complexity index is 712. The number of rotatable bonds is 7. The Kier molecular flexibility index (Phi) is 10.1. The Morgan fingerprint density at radius 2 is 1.74 bits per heavy atom. The number of aryl methyl sites for hydroxylation is 2. The predicted octanol–water partition coefficient (Wildman–Crippen LogP) is 2.51. The molecule has 0 bridgehead atoms. The molecule has 0 aliphatic carbocycles. The van der Waals surface area contributed by atoms with Gasteiger partial charge in [-0.1, -0.05) is 12.2 Å². The molecule has 1 aliphatic heterocycles. The molecule has 27 heavy (non-hydrogen) atoms. The Hall–Kier alpha value is -2.42. The predicted molar refractivity (Wildman–Crippen MR) is 98.2 cm³/mol. The third-order valence-corrected chi connectivity index (χ3v) is 4.08. The van der Waals surface area contributed by atoms with Crippen molar-refractivity contribution >= 4 is 0 Å². The topological polar surface area (TPSA) is 103 Å². The van der Waals surface area contributed by atoms with Crippen molar-refractivity contribution in [1.82, 2.24) is 24.0 Å². The van der Waals surface area contributed by atoms with Crippen molar-refractivity contribution in [3.63, 3.8) is 0 Å². The fraction of sp³-hybridized carbons (Fsp3) is 0.412. The molecule has 1 aliphatic rings. The molecule has 0 saturated heterocycles. The number of aromatic nitrogens is 4. The number of imidazole rings is 2. The van der Waals surface area contributed by atoms with Gasteiger partial charge >= 0.3 is 17.1 Å². The molecule has 1 N–H and O–H groups in total. The van der Waals surface area contributed by atoms with Gasteiger partial charge in [-0.05, 0) is 6.42 Å². The van der Waals surface area contributed by atoms with Gasteiger partial charge in [-0.2, -0.15) is 5.70 Å². The number of hydrogen-bond acceptors (Lipinski definition) is 5. The Labute approximate surface area is 169 Å². The molecule has 10 heteroatoms. The molecular weight excluding hydrogens is 398 g/mol. The van der Waals surface area contributed by atoms with Crippen LogP contribution < -0.4 is 0 Å². The van der Waals surface area contributed by atoms with E-state index in [0.717, 1.165) is 49.9 Å². The molecule has 0 radical (unpaired) electrons. The van der Waals surface area contributed by atoms with E-state index in [4.69, 9.17) is 10.1 Å². The number of nitrogens with zero attached hydrogens (tertiary/aromatic N) is 7. The minimum absolute atomic E-state index is 0. The standard InChI is InChI=1S/C17H23N6.Cu.HNO2/c1-21-11-8-19-16(21)13-23(14-17-20-9-12-22(17)2)10-6-15-5-3-4-7-18-15;;2-1-3/h3-5,8-9,11-12H,6-7,10,13-14H2,1-2H3;;(H,2,3)/q-1;+1;. The van der Waals surface area contributed by atoms with Crippen LogP contribution in [-0.2, 0) is 44.3 Å². The second-order valence-electron chi connectivity index (χ2n) is 5.88. The normalized spacial score (nSPS) is 12.5. The van der Waals surface area contributed by atoms with Crippen LogP contribution in [0.2, 0.25) is 0 Å². The summed E-state index contributed by atoms with van der Waals surface area (Å²) >= 11 is 0. The average molecular weight is 422 g/mol. The molecule has 0 unspecified atom stereocenters. The first-order chi connectivity index (χ1) is 12.6. The summed E-state index contributed by atoms with van der Waals surface area (Å²) in [4.78, 5) is 19.4. The van der Waals surface area contributed by atoms with Crippen LogP contribution in [0.25, 0.3) is 5.32 Å². The summed E-state index contributed by atoms with van der Waals surface area (Å²) in [6.07, 6.45) is 14.9. The van der Waals surface area contributed by atoms with Gasteiger partial charge in [0.15, 0.2) is 5.34 Å². The average Bonchev–Trinajstić information content (AvgIpc) is 3.23. The third kappa shape index (κ3) is 7.38. The molecule has 150 valence electrons. The van der Waals surface area contributed by atoms with Gasteiger partial charge in [0.25, 0.3) is 0 Å². The summed E-state index contributed by atoms with van der Waals surface area (Å²) in [5, 5.41) is 12.4. The smallest absolute Gasteiger partial charge is 0.685 e. The van der Waals surface area contributed by atoms with Crippen LogP contribution >= 0.6 is 0 Å². The number of allylic oxidation sites excluding steroid dienone is 2. The van der Waals surface area contributed by atoms with Crippen LogP contribution in [0, 0.1) is 4.91 Å². The summed E-state index contributed by atoms with van der Waals surface area (Å²) in [5.41, 5.74) is 1.16. The SMILES string of the molecule is Cn1ccnc1CN(CCC1=CC=CC[N-]1)Cc1nccn1C.O=NO.[Cu+]. The van der Waals surface area contributed by atoms with E-state index in [9.17, 15) is 0 Å². The maximum Gasteiger partial charge on any atom is 1.00 e. The second kappa shape index (κ2) is 12.1. The first kappa shape index (κ1) is 22.6. The van der Waals surface area contributed by atoms with Gasteiger partial charge in [-0.15, -0.1) is 17.5 Å². The molecule has 2 aromatic rings. The molecule has 3 heterocycles. The van der Waals surface area contributed by atoms with Crippen LogP contribution in [0.15, 0.2) is 54.1 Å². The first-order valence-corrected chi connectivity index (χ1v) is 8.28. The van der Waals surface area contributed by atoms with Gasteiger partial charge in [0.2, 0.25) is 0 Å². The third-order valence-electron chi connectivity index (χ3n) is 4.08. The minimum atomic E-state index is 0. The molecule has 9 nitrogen and oxygen atoms in total. The van der Waals surface area contributed by atoms with Gasteiger partial charge in [-0.3, -0.25) is 4.90 Å². The summed E-state index contributed by atoms with van der Waals surface area (Å²) in [5.74, 6) is 2.13. The molecule has 0 spiro atoms. The quantitative estimate of drug-likeness (QED) is 0.420. The van der Waals surface area contributed by atoms with E-state index in [1.165, 1.54) is 5.34 Å². The Morgan fingerprint density at radius 1 is 1.19 bits per heavy atom. The van der Waals surface area contributed by atoms with E-state index < -0.39 is 0 Å². The van der Waals surface area contributed by atoms with E-state index in [1.807, 2.05) is 38.9 Å². The molecule has 0 amide bonds. The molecule has 0 aromatic carbocycles. The van der Waals surface area contributed by atoms with Gasteiger partial charge < -0.3 is 19.7 Å².